The quantitative estimate of drug-likeness (QED) is 0.394. The highest BCUT2D eigenvalue weighted by molar-refractivity contribution is 5.95. The van der Waals surface area contributed by atoms with E-state index in [0.717, 1.165) is 6.42 Å². The van der Waals surface area contributed by atoms with Gasteiger partial charge >= 0.3 is 17.7 Å². The first-order valence-corrected chi connectivity index (χ1v) is 10.2. The molecule has 1 aliphatic rings. The molecule has 0 aliphatic carbocycles. The van der Waals surface area contributed by atoms with Crippen molar-refractivity contribution in [2.24, 2.45) is 0 Å². The van der Waals surface area contributed by atoms with E-state index in [4.69, 9.17) is 9.47 Å². The molecule has 0 fully saturated rings. The molecule has 0 saturated heterocycles. The summed E-state index contributed by atoms with van der Waals surface area (Å²) in [4.78, 5) is 45.6. The predicted molar refractivity (Wildman–Crippen MR) is 117 cm³/mol. The van der Waals surface area contributed by atoms with Gasteiger partial charge in [0.05, 0.1) is 17.7 Å². The highest BCUT2D eigenvalue weighted by Crippen LogP contribution is 2.41. The molecule has 32 heavy (non-hydrogen) atoms. The van der Waals surface area contributed by atoms with Crippen molar-refractivity contribution >= 4 is 29.3 Å². The summed E-state index contributed by atoms with van der Waals surface area (Å²) in [5.74, 6) is -0.767. The van der Waals surface area contributed by atoms with E-state index in [-0.39, 0.29) is 23.4 Å². The summed E-state index contributed by atoms with van der Waals surface area (Å²) in [6, 6.07) is 2.79. The van der Waals surface area contributed by atoms with Gasteiger partial charge in [-0.1, -0.05) is 6.92 Å². The van der Waals surface area contributed by atoms with E-state index < -0.39 is 23.1 Å². The second-order valence-corrected chi connectivity index (χ2v) is 7.88. The normalized spacial score (nSPS) is 12.1. The minimum Gasteiger partial charge on any atom is -0.475 e. The van der Waals surface area contributed by atoms with Gasteiger partial charge in [0.2, 0.25) is 11.7 Å². The largest absolute Gasteiger partial charge is 0.475 e. The molecule has 178 valence electrons. The number of amides is 2. The number of benzene rings is 1. The van der Waals surface area contributed by atoms with Crippen LogP contribution < -0.4 is 15.0 Å². The maximum atomic E-state index is 11.5. The average molecular weight is 453 g/mol. The van der Waals surface area contributed by atoms with Gasteiger partial charge in [-0.2, -0.15) is 0 Å². The Morgan fingerprint density at radius 3 is 2.41 bits per heavy atom. The fraction of sp³-hybridized carbons (Fsp3) is 0.571. The molecule has 1 heterocycles. The number of nitrogens with zero attached hydrogens (tertiary/aromatic N) is 2. The van der Waals surface area contributed by atoms with Crippen molar-refractivity contribution in [1.29, 1.82) is 0 Å². The van der Waals surface area contributed by atoms with Crippen LogP contribution in [0.2, 0.25) is 0 Å². The third-order valence-corrected chi connectivity index (χ3v) is 4.15. The predicted octanol–water partition coefficient (Wildman–Crippen LogP) is 2.98. The number of ether oxygens (including phenoxy) is 3. The third-order valence-electron chi connectivity index (χ3n) is 4.15. The summed E-state index contributed by atoms with van der Waals surface area (Å²) in [5.41, 5.74) is 0.511. The van der Waals surface area contributed by atoms with Crippen molar-refractivity contribution < 1.29 is 33.5 Å². The number of alkyl carbamates (subject to hydrolysis) is 1. The highest BCUT2D eigenvalue weighted by atomic mass is 16.6. The molecule has 0 radical (unpaired) electrons. The van der Waals surface area contributed by atoms with E-state index in [2.05, 4.69) is 10.1 Å². The Morgan fingerprint density at radius 1 is 1.25 bits per heavy atom. The van der Waals surface area contributed by atoms with Crippen molar-refractivity contribution in [2.45, 2.75) is 53.1 Å². The molecule has 0 spiro atoms. The number of nitro groups is 1. The van der Waals surface area contributed by atoms with Gasteiger partial charge in [-0.15, -0.1) is 0 Å². The Labute approximate surface area is 187 Å². The van der Waals surface area contributed by atoms with E-state index in [9.17, 15) is 24.5 Å². The Kier molecular flexibility index (Phi) is 9.89. The summed E-state index contributed by atoms with van der Waals surface area (Å²) in [6.45, 7) is 9.64. The van der Waals surface area contributed by atoms with Crippen LogP contribution in [0.15, 0.2) is 12.1 Å². The second kappa shape index (κ2) is 11.9. The summed E-state index contributed by atoms with van der Waals surface area (Å²) in [7, 11) is 1.20. The number of rotatable bonds is 6. The summed E-state index contributed by atoms with van der Waals surface area (Å²) >= 11 is 0. The first kappa shape index (κ1) is 26.7. The molecule has 0 unspecified atom stereocenters. The van der Waals surface area contributed by atoms with E-state index in [1.165, 1.54) is 31.1 Å². The monoisotopic (exact) mass is 453 g/mol. The molecule has 1 aromatic carbocycles. The summed E-state index contributed by atoms with van der Waals surface area (Å²) < 4.78 is 14.7. The van der Waals surface area contributed by atoms with Gasteiger partial charge in [0.1, 0.15) is 5.60 Å². The maximum Gasteiger partial charge on any atom is 0.407 e. The minimum absolute atomic E-state index is 0.0200. The van der Waals surface area contributed by atoms with Crippen LogP contribution in [0.3, 0.4) is 0 Å². The van der Waals surface area contributed by atoms with Crippen LogP contribution in [0, 0.1) is 10.1 Å². The fourth-order valence-corrected chi connectivity index (χ4v) is 2.81. The van der Waals surface area contributed by atoms with Gasteiger partial charge in [-0.3, -0.25) is 14.9 Å². The van der Waals surface area contributed by atoms with Gasteiger partial charge in [0.15, 0.2) is 6.61 Å². The topological polar surface area (TPSA) is 137 Å². The van der Waals surface area contributed by atoms with Crippen LogP contribution in [-0.2, 0) is 25.5 Å². The standard InChI is InChI=1S/C13H14N2O6.C8H17NO2/c1-8(16)14-6-5-9-10(14)3-4-11(15(18)19)13(9)21-7-12(17)20-2;1-5-6-9-7(10)11-8(2,3)4/h3-4H,5-7H2,1-2H3;5-6H2,1-4H3,(H,9,10). The van der Waals surface area contributed by atoms with Gasteiger partial charge in [-0.25, -0.2) is 9.59 Å². The lowest BCUT2D eigenvalue weighted by Crippen LogP contribution is -2.32. The fourth-order valence-electron chi connectivity index (χ4n) is 2.81. The number of fused-ring (bicyclic) bond motifs is 1. The van der Waals surface area contributed by atoms with Crippen molar-refractivity contribution in [2.75, 3.05) is 31.7 Å². The zero-order chi connectivity index (χ0) is 24.5. The molecule has 0 saturated carbocycles. The maximum absolute atomic E-state index is 11.5. The van der Waals surface area contributed by atoms with Crippen molar-refractivity contribution in [3.8, 4) is 5.75 Å². The van der Waals surface area contributed by atoms with Gasteiger partial charge < -0.3 is 24.4 Å². The van der Waals surface area contributed by atoms with Crippen LogP contribution in [0.5, 0.6) is 5.75 Å². The lowest BCUT2D eigenvalue weighted by atomic mass is 10.1. The lowest BCUT2D eigenvalue weighted by molar-refractivity contribution is -0.385. The average Bonchev–Trinajstić information content (AvgIpc) is 3.13. The van der Waals surface area contributed by atoms with Crippen LogP contribution in [0.1, 0.15) is 46.6 Å². The molecular weight excluding hydrogens is 422 g/mol. The first-order chi connectivity index (χ1) is 14.9. The van der Waals surface area contributed by atoms with Gasteiger partial charge in [0, 0.05) is 31.6 Å². The number of hydrogen-bond acceptors (Lipinski definition) is 8. The molecule has 0 bridgehead atoms. The van der Waals surface area contributed by atoms with Crippen LogP contribution in [-0.4, -0.2) is 55.3 Å². The number of hydrogen-bond donors (Lipinski definition) is 1. The van der Waals surface area contributed by atoms with Crippen molar-refractivity contribution in [1.82, 2.24) is 5.32 Å². The Balaban J connectivity index is 0.000000396. The number of methoxy groups -OCH3 is 1. The van der Waals surface area contributed by atoms with Crippen LogP contribution >= 0.6 is 0 Å². The molecule has 2 amide bonds. The summed E-state index contributed by atoms with van der Waals surface area (Å²) in [6.07, 6.45) is 1.03. The molecule has 2 rings (SSSR count). The molecule has 1 aliphatic heterocycles. The zero-order valence-electron chi connectivity index (χ0n) is 19.4. The first-order valence-electron chi connectivity index (χ1n) is 10.2. The van der Waals surface area contributed by atoms with Crippen molar-refractivity contribution in [3.63, 3.8) is 0 Å². The smallest absolute Gasteiger partial charge is 0.407 e. The van der Waals surface area contributed by atoms with Crippen molar-refractivity contribution in [3.05, 3.63) is 27.8 Å². The number of carbonyl (C=O) groups excluding carboxylic acids is 3. The van der Waals surface area contributed by atoms with Gasteiger partial charge in [0.25, 0.3) is 0 Å². The SMILES string of the molecule is CCCNC(=O)OC(C)(C)C.COC(=O)COc1c([N+](=O)[O-])ccc2c1CCN2C(C)=O. The Morgan fingerprint density at radius 2 is 1.91 bits per heavy atom. The number of carbonyl (C=O) groups is 3. The number of nitro benzene ring substituents is 1. The van der Waals surface area contributed by atoms with E-state index in [1.54, 1.807) is 0 Å². The van der Waals surface area contributed by atoms with E-state index in [1.807, 2.05) is 27.7 Å². The van der Waals surface area contributed by atoms with Crippen LogP contribution in [0.25, 0.3) is 0 Å². The Hall–Kier alpha value is -3.37. The van der Waals surface area contributed by atoms with Crippen LogP contribution in [0.4, 0.5) is 16.2 Å². The number of anilines is 1. The molecular formula is C21H31N3O8. The second-order valence-electron chi connectivity index (χ2n) is 7.88. The lowest BCUT2D eigenvalue weighted by Gasteiger charge is -2.19. The molecule has 1 N–H and O–H groups in total. The number of nitrogens with one attached hydrogen (secondary N) is 1. The third kappa shape index (κ3) is 8.05. The van der Waals surface area contributed by atoms with E-state index >= 15 is 0 Å². The molecule has 0 atom stereocenters. The van der Waals surface area contributed by atoms with E-state index in [0.29, 0.717) is 30.8 Å². The zero-order valence-corrected chi connectivity index (χ0v) is 19.4. The number of esters is 1. The highest BCUT2D eigenvalue weighted by Gasteiger charge is 2.31. The molecule has 11 heteroatoms. The minimum atomic E-state index is -0.636. The summed E-state index contributed by atoms with van der Waals surface area (Å²) in [5, 5.41) is 13.7. The Bertz CT molecular complexity index is 848. The van der Waals surface area contributed by atoms with Gasteiger partial charge in [-0.05, 0) is 39.7 Å². The molecule has 1 aromatic rings. The molecule has 11 nitrogen and oxygen atoms in total. The molecule has 0 aromatic heterocycles.